The van der Waals surface area contributed by atoms with Crippen LogP contribution in [0.2, 0.25) is 0 Å². The smallest absolute Gasteiger partial charge is 0.256 e. The molecule has 0 radical (unpaired) electrons. The van der Waals surface area contributed by atoms with Crippen LogP contribution in [-0.4, -0.2) is 42.5 Å². The number of H-pyrrole nitrogens is 1. The van der Waals surface area contributed by atoms with E-state index in [2.05, 4.69) is 4.98 Å². The molecule has 0 spiro atoms. The highest BCUT2D eigenvalue weighted by Gasteiger charge is 2.41. The van der Waals surface area contributed by atoms with Crippen LogP contribution in [0, 0.1) is 5.82 Å². The second-order valence-electron chi connectivity index (χ2n) is 6.08. The number of halogens is 1. The molecule has 0 aliphatic carbocycles. The van der Waals surface area contributed by atoms with Crippen molar-refractivity contribution >= 4 is 26.6 Å². The molecule has 1 saturated heterocycles. The van der Waals surface area contributed by atoms with Crippen LogP contribution in [0.4, 0.5) is 4.39 Å². The van der Waals surface area contributed by atoms with Gasteiger partial charge >= 0.3 is 0 Å². The molecular weight excluding hydrogens is 343 g/mol. The summed E-state index contributed by atoms with van der Waals surface area (Å²) in [6, 6.07) is 12.2. The van der Waals surface area contributed by atoms with Crippen molar-refractivity contribution in [3.8, 4) is 0 Å². The van der Waals surface area contributed by atoms with Crippen molar-refractivity contribution in [1.29, 1.82) is 0 Å². The van der Waals surface area contributed by atoms with Crippen LogP contribution >= 0.6 is 0 Å². The number of hydrogen-bond acceptors (Lipinski definition) is 3. The summed E-state index contributed by atoms with van der Waals surface area (Å²) in [6.07, 6.45) is 1.65. The zero-order valence-corrected chi connectivity index (χ0v) is 14.0. The van der Waals surface area contributed by atoms with Gasteiger partial charge in [-0.1, -0.05) is 18.2 Å². The number of hydrogen-bond donors (Lipinski definition) is 1. The van der Waals surface area contributed by atoms with Crippen molar-refractivity contribution in [2.24, 2.45) is 0 Å². The van der Waals surface area contributed by atoms with Gasteiger partial charge in [-0.2, -0.15) is 0 Å². The molecule has 0 unspecified atom stereocenters. The number of para-hydroxylation sites is 1. The standard InChI is InChI=1S/C18H15FN2O3S/c19-12-5-7-13(8-6-12)25(23,24)14-10-21(11-14)18(22)16-9-20-17-4-2-1-3-15(16)17/h1-9,14,20H,10-11H2. The van der Waals surface area contributed by atoms with Crippen LogP contribution in [0.25, 0.3) is 10.9 Å². The molecule has 4 rings (SSSR count). The van der Waals surface area contributed by atoms with Gasteiger partial charge < -0.3 is 9.88 Å². The number of rotatable bonds is 3. The van der Waals surface area contributed by atoms with E-state index in [1.807, 2.05) is 24.3 Å². The van der Waals surface area contributed by atoms with Gasteiger partial charge in [-0.05, 0) is 30.3 Å². The first-order valence-corrected chi connectivity index (χ1v) is 9.36. The number of carbonyl (C=O) groups is 1. The lowest BCUT2D eigenvalue weighted by Gasteiger charge is -2.38. The Balaban J connectivity index is 1.51. The molecule has 25 heavy (non-hydrogen) atoms. The molecule has 1 aromatic heterocycles. The number of likely N-dealkylation sites (tertiary alicyclic amines) is 1. The zero-order chi connectivity index (χ0) is 17.6. The normalized spacial score (nSPS) is 15.3. The Morgan fingerprint density at radius 3 is 2.48 bits per heavy atom. The average molecular weight is 358 g/mol. The summed E-state index contributed by atoms with van der Waals surface area (Å²) in [5, 5.41) is 0.157. The van der Waals surface area contributed by atoms with Crippen molar-refractivity contribution in [3.05, 3.63) is 66.1 Å². The van der Waals surface area contributed by atoms with Gasteiger partial charge in [0.25, 0.3) is 5.91 Å². The summed E-state index contributed by atoms with van der Waals surface area (Å²) in [5.74, 6) is -0.674. The molecule has 2 heterocycles. The van der Waals surface area contributed by atoms with E-state index < -0.39 is 20.9 Å². The largest absolute Gasteiger partial charge is 0.360 e. The van der Waals surface area contributed by atoms with Gasteiger partial charge in [0.1, 0.15) is 11.1 Å². The molecular formula is C18H15FN2O3S. The van der Waals surface area contributed by atoms with E-state index in [0.717, 1.165) is 23.0 Å². The monoisotopic (exact) mass is 358 g/mol. The van der Waals surface area contributed by atoms with Gasteiger partial charge in [0, 0.05) is 30.2 Å². The fraction of sp³-hybridized carbons (Fsp3) is 0.167. The van der Waals surface area contributed by atoms with E-state index in [-0.39, 0.29) is 23.9 Å². The lowest BCUT2D eigenvalue weighted by atomic mass is 10.1. The molecule has 0 atom stereocenters. The fourth-order valence-corrected chi connectivity index (χ4v) is 4.69. The predicted molar refractivity (Wildman–Crippen MR) is 91.6 cm³/mol. The van der Waals surface area contributed by atoms with Gasteiger partial charge in [-0.15, -0.1) is 0 Å². The maximum absolute atomic E-state index is 13.0. The molecule has 2 aromatic carbocycles. The van der Waals surface area contributed by atoms with E-state index >= 15 is 0 Å². The number of aromatic amines is 1. The Morgan fingerprint density at radius 1 is 1.08 bits per heavy atom. The minimum atomic E-state index is -3.57. The topological polar surface area (TPSA) is 70.2 Å². The molecule has 7 heteroatoms. The van der Waals surface area contributed by atoms with Gasteiger partial charge in [-0.25, -0.2) is 12.8 Å². The summed E-state index contributed by atoms with van der Waals surface area (Å²) in [4.78, 5) is 17.3. The molecule has 128 valence electrons. The summed E-state index contributed by atoms with van der Waals surface area (Å²) in [7, 11) is -3.57. The maximum Gasteiger partial charge on any atom is 0.256 e. The van der Waals surface area contributed by atoms with E-state index in [9.17, 15) is 17.6 Å². The second-order valence-corrected chi connectivity index (χ2v) is 8.31. The van der Waals surface area contributed by atoms with Crippen LogP contribution in [0.3, 0.4) is 0 Å². The number of aromatic nitrogens is 1. The van der Waals surface area contributed by atoms with E-state index in [4.69, 9.17) is 0 Å². The van der Waals surface area contributed by atoms with Gasteiger partial charge in [0.05, 0.1) is 10.5 Å². The Hall–Kier alpha value is -2.67. The van der Waals surface area contributed by atoms with E-state index in [1.54, 1.807) is 6.20 Å². The van der Waals surface area contributed by atoms with Crippen molar-refractivity contribution in [2.45, 2.75) is 10.1 Å². The van der Waals surface area contributed by atoms with Gasteiger partial charge in [0.15, 0.2) is 9.84 Å². The van der Waals surface area contributed by atoms with Crippen molar-refractivity contribution in [2.75, 3.05) is 13.1 Å². The van der Waals surface area contributed by atoms with Gasteiger partial charge in [0.2, 0.25) is 0 Å². The van der Waals surface area contributed by atoms with Crippen LogP contribution in [-0.2, 0) is 9.84 Å². The first kappa shape index (κ1) is 15.8. The maximum atomic E-state index is 13.0. The predicted octanol–water partition coefficient (Wildman–Crippen LogP) is 2.61. The Bertz CT molecular complexity index is 1050. The minimum absolute atomic E-state index is 0.0816. The highest BCUT2D eigenvalue weighted by Crippen LogP contribution is 2.27. The Labute approximate surface area is 144 Å². The number of benzene rings is 2. The van der Waals surface area contributed by atoms with Crippen LogP contribution in [0.5, 0.6) is 0 Å². The van der Waals surface area contributed by atoms with E-state index in [0.29, 0.717) is 5.56 Å². The number of sulfone groups is 1. The van der Waals surface area contributed by atoms with Crippen LogP contribution in [0.1, 0.15) is 10.4 Å². The summed E-state index contributed by atoms with van der Waals surface area (Å²) >= 11 is 0. The molecule has 1 N–H and O–H groups in total. The Kier molecular flexibility index (Phi) is 3.61. The Morgan fingerprint density at radius 2 is 1.76 bits per heavy atom. The molecule has 1 fully saturated rings. The number of nitrogens with zero attached hydrogens (tertiary/aromatic N) is 1. The molecule has 1 aliphatic heterocycles. The van der Waals surface area contributed by atoms with Crippen molar-refractivity contribution in [3.63, 3.8) is 0 Å². The molecule has 3 aromatic rings. The molecule has 1 aliphatic rings. The number of carbonyl (C=O) groups excluding carboxylic acids is 1. The highest BCUT2D eigenvalue weighted by atomic mass is 32.2. The summed E-state index contributed by atoms with van der Waals surface area (Å²) in [5.41, 5.74) is 1.40. The first-order valence-electron chi connectivity index (χ1n) is 7.81. The number of amides is 1. The summed E-state index contributed by atoms with van der Waals surface area (Å²) in [6.45, 7) is 0.274. The molecule has 1 amide bonds. The van der Waals surface area contributed by atoms with Crippen molar-refractivity contribution < 1.29 is 17.6 Å². The first-order chi connectivity index (χ1) is 12.0. The number of fused-ring (bicyclic) bond motifs is 1. The minimum Gasteiger partial charge on any atom is -0.360 e. The van der Waals surface area contributed by atoms with Crippen molar-refractivity contribution in [1.82, 2.24) is 9.88 Å². The molecule has 0 saturated carbocycles. The fourth-order valence-electron chi connectivity index (χ4n) is 3.04. The zero-order valence-electron chi connectivity index (χ0n) is 13.1. The third kappa shape index (κ3) is 2.60. The SMILES string of the molecule is O=C(c1c[nH]c2ccccc12)N1CC(S(=O)(=O)c2ccc(F)cc2)C1. The molecule has 0 bridgehead atoms. The van der Waals surface area contributed by atoms with Crippen LogP contribution in [0.15, 0.2) is 59.6 Å². The highest BCUT2D eigenvalue weighted by molar-refractivity contribution is 7.92. The summed E-state index contributed by atoms with van der Waals surface area (Å²) < 4.78 is 38.0. The molecule has 5 nitrogen and oxygen atoms in total. The third-order valence-corrected chi connectivity index (χ3v) is 6.64. The van der Waals surface area contributed by atoms with Gasteiger partial charge in [-0.3, -0.25) is 4.79 Å². The lowest BCUT2D eigenvalue weighted by Crippen LogP contribution is -2.56. The average Bonchev–Trinajstić information content (AvgIpc) is 2.97. The quantitative estimate of drug-likeness (QED) is 0.732. The number of nitrogens with one attached hydrogen (secondary N) is 1. The second kappa shape index (κ2) is 5.70. The third-order valence-electron chi connectivity index (χ3n) is 4.54. The van der Waals surface area contributed by atoms with Crippen LogP contribution < -0.4 is 0 Å². The van der Waals surface area contributed by atoms with E-state index in [1.165, 1.54) is 17.0 Å². The lowest BCUT2D eigenvalue weighted by molar-refractivity contribution is 0.0661.